The van der Waals surface area contributed by atoms with Gasteiger partial charge in [-0.15, -0.1) is 0 Å². The second-order valence-corrected chi connectivity index (χ2v) is 4.90. The molecule has 0 radical (unpaired) electrons. The lowest BCUT2D eigenvalue weighted by atomic mass is 10.1. The summed E-state index contributed by atoms with van der Waals surface area (Å²) in [5.41, 5.74) is 0. The first-order chi connectivity index (χ1) is 6.66. The molecule has 1 heteroatoms. The van der Waals surface area contributed by atoms with Crippen molar-refractivity contribution in [3.05, 3.63) is 0 Å². The van der Waals surface area contributed by atoms with Crippen molar-refractivity contribution >= 4 is 0 Å². The first-order valence-corrected chi connectivity index (χ1v) is 6.40. The fourth-order valence-corrected chi connectivity index (χ4v) is 1.87. The molecule has 0 heterocycles. The molecule has 0 rings (SSSR count). The normalized spacial score (nSPS) is 13.5. The van der Waals surface area contributed by atoms with Crippen molar-refractivity contribution in [1.82, 2.24) is 5.32 Å². The Hall–Kier alpha value is -0.0400. The Morgan fingerprint density at radius 2 is 1.57 bits per heavy atom. The summed E-state index contributed by atoms with van der Waals surface area (Å²) in [6, 6.07) is 0.696. The van der Waals surface area contributed by atoms with Gasteiger partial charge in [0.15, 0.2) is 0 Å². The molecule has 0 spiro atoms. The molecule has 86 valence electrons. The minimum atomic E-state index is 0.696. The molecular formula is C13H29N. The molecule has 0 amide bonds. The van der Waals surface area contributed by atoms with Gasteiger partial charge in [0.05, 0.1) is 0 Å². The summed E-state index contributed by atoms with van der Waals surface area (Å²) in [5.74, 6) is 0.817. The van der Waals surface area contributed by atoms with Crippen LogP contribution in [0, 0.1) is 5.92 Å². The summed E-state index contributed by atoms with van der Waals surface area (Å²) in [6.45, 7) is 10.4. The van der Waals surface area contributed by atoms with Gasteiger partial charge in [-0.1, -0.05) is 46.5 Å². The summed E-state index contributed by atoms with van der Waals surface area (Å²) in [6.07, 6.45) is 8.21. The molecule has 1 N–H and O–H groups in total. The van der Waals surface area contributed by atoms with Gasteiger partial charge in [0.1, 0.15) is 0 Å². The monoisotopic (exact) mass is 199 g/mol. The number of unbranched alkanes of at least 4 members (excludes halogenated alkanes) is 4. The molecule has 0 aliphatic heterocycles. The van der Waals surface area contributed by atoms with Crippen molar-refractivity contribution in [1.29, 1.82) is 0 Å². The molecule has 0 saturated carbocycles. The molecule has 0 aromatic heterocycles. The molecule has 0 fully saturated rings. The van der Waals surface area contributed by atoms with E-state index in [1.165, 1.54) is 45.1 Å². The maximum absolute atomic E-state index is 3.59. The van der Waals surface area contributed by atoms with Crippen LogP contribution in [0.5, 0.6) is 0 Å². The fourth-order valence-electron chi connectivity index (χ4n) is 1.87. The third-order valence-corrected chi connectivity index (χ3v) is 2.60. The highest BCUT2D eigenvalue weighted by Crippen LogP contribution is 2.05. The maximum atomic E-state index is 3.59. The van der Waals surface area contributed by atoms with Crippen LogP contribution in [0.15, 0.2) is 0 Å². The van der Waals surface area contributed by atoms with E-state index in [4.69, 9.17) is 0 Å². The minimum Gasteiger partial charge on any atom is -0.314 e. The van der Waals surface area contributed by atoms with Crippen molar-refractivity contribution in [2.75, 3.05) is 6.54 Å². The van der Waals surface area contributed by atoms with Gasteiger partial charge in [-0.2, -0.15) is 0 Å². The lowest BCUT2D eigenvalue weighted by Crippen LogP contribution is -2.28. The van der Waals surface area contributed by atoms with Crippen LogP contribution in [0.3, 0.4) is 0 Å². The van der Waals surface area contributed by atoms with Crippen molar-refractivity contribution in [3.63, 3.8) is 0 Å². The van der Waals surface area contributed by atoms with Crippen LogP contribution in [0.25, 0.3) is 0 Å². The molecule has 0 saturated heterocycles. The fraction of sp³-hybridized carbons (Fsp3) is 1.00. The zero-order valence-electron chi connectivity index (χ0n) is 10.6. The van der Waals surface area contributed by atoms with Gasteiger partial charge in [0.25, 0.3) is 0 Å². The summed E-state index contributed by atoms with van der Waals surface area (Å²) in [7, 11) is 0. The zero-order valence-corrected chi connectivity index (χ0v) is 10.6. The van der Waals surface area contributed by atoms with E-state index in [0.29, 0.717) is 6.04 Å². The van der Waals surface area contributed by atoms with Gasteiger partial charge in [-0.3, -0.25) is 0 Å². The Bertz CT molecular complexity index is 110. The average molecular weight is 199 g/mol. The first kappa shape index (κ1) is 14.0. The predicted octanol–water partition coefficient (Wildman–Crippen LogP) is 3.98. The van der Waals surface area contributed by atoms with Crippen LogP contribution in [0.2, 0.25) is 0 Å². The molecule has 0 aromatic carbocycles. The average Bonchev–Trinajstić information content (AvgIpc) is 2.10. The quantitative estimate of drug-likeness (QED) is 0.554. The van der Waals surface area contributed by atoms with E-state index < -0.39 is 0 Å². The van der Waals surface area contributed by atoms with E-state index in [1.54, 1.807) is 0 Å². The highest BCUT2D eigenvalue weighted by molar-refractivity contribution is 4.62. The molecule has 0 aliphatic carbocycles. The molecule has 0 aliphatic rings. The molecule has 1 unspecified atom stereocenters. The second kappa shape index (κ2) is 9.51. The van der Waals surface area contributed by atoms with Gasteiger partial charge in [-0.25, -0.2) is 0 Å². The Kier molecular flexibility index (Phi) is 9.49. The molecule has 14 heavy (non-hydrogen) atoms. The molecule has 0 bridgehead atoms. The second-order valence-electron chi connectivity index (χ2n) is 4.90. The largest absolute Gasteiger partial charge is 0.314 e. The Balaban J connectivity index is 3.10. The minimum absolute atomic E-state index is 0.696. The van der Waals surface area contributed by atoms with Crippen LogP contribution in [0.4, 0.5) is 0 Å². The van der Waals surface area contributed by atoms with E-state index in [0.717, 1.165) is 5.92 Å². The summed E-state index contributed by atoms with van der Waals surface area (Å²) in [5, 5.41) is 3.59. The van der Waals surface area contributed by atoms with E-state index in [9.17, 15) is 0 Å². The van der Waals surface area contributed by atoms with Crippen molar-refractivity contribution in [3.8, 4) is 0 Å². The van der Waals surface area contributed by atoms with Crippen LogP contribution >= 0.6 is 0 Å². The standard InChI is InChI=1S/C13H29N/c1-5-6-7-8-9-10-14-13(4)11-12(2)3/h12-14H,5-11H2,1-4H3. The molecular weight excluding hydrogens is 170 g/mol. The van der Waals surface area contributed by atoms with Gasteiger partial charge < -0.3 is 5.32 Å². The third-order valence-electron chi connectivity index (χ3n) is 2.60. The van der Waals surface area contributed by atoms with Gasteiger partial charge in [0.2, 0.25) is 0 Å². The molecule has 0 aromatic rings. The lowest BCUT2D eigenvalue weighted by molar-refractivity contribution is 0.434. The SMILES string of the molecule is CCCCCCCNC(C)CC(C)C. The van der Waals surface area contributed by atoms with Gasteiger partial charge in [-0.05, 0) is 32.2 Å². The van der Waals surface area contributed by atoms with Crippen LogP contribution in [-0.2, 0) is 0 Å². The van der Waals surface area contributed by atoms with Crippen molar-refractivity contribution < 1.29 is 0 Å². The van der Waals surface area contributed by atoms with Crippen LogP contribution in [-0.4, -0.2) is 12.6 Å². The molecule has 1 nitrogen and oxygen atoms in total. The summed E-state index contributed by atoms with van der Waals surface area (Å²) >= 11 is 0. The first-order valence-electron chi connectivity index (χ1n) is 6.40. The smallest absolute Gasteiger partial charge is 0.00411 e. The van der Waals surface area contributed by atoms with E-state index in [1.807, 2.05) is 0 Å². The number of nitrogens with one attached hydrogen (secondary N) is 1. The summed E-state index contributed by atoms with van der Waals surface area (Å²) in [4.78, 5) is 0. The van der Waals surface area contributed by atoms with E-state index in [2.05, 4.69) is 33.0 Å². The van der Waals surface area contributed by atoms with Gasteiger partial charge in [0, 0.05) is 6.04 Å². The number of hydrogen-bond donors (Lipinski definition) is 1. The number of hydrogen-bond acceptors (Lipinski definition) is 1. The highest BCUT2D eigenvalue weighted by Gasteiger charge is 2.02. The lowest BCUT2D eigenvalue weighted by Gasteiger charge is -2.15. The maximum Gasteiger partial charge on any atom is 0.00411 e. The van der Waals surface area contributed by atoms with Crippen molar-refractivity contribution in [2.45, 2.75) is 72.3 Å². The topological polar surface area (TPSA) is 12.0 Å². The van der Waals surface area contributed by atoms with Crippen molar-refractivity contribution in [2.24, 2.45) is 5.92 Å². The highest BCUT2D eigenvalue weighted by atomic mass is 14.9. The van der Waals surface area contributed by atoms with Crippen LogP contribution in [0.1, 0.15) is 66.2 Å². The summed E-state index contributed by atoms with van der Waals surface area (Å²) < 4.78 is 0. The van der Waals surface area contributed by atoms with Gasteiger partial charge >= 0.3 is 0 Å². The van der Waals surface area contributed by atoms with Crippen LogP contribution < -0.4 is 5.32 Å². The molecule has 1 atom stereocenters. The Labute approximate surface area is 90.7 Å². The van der Waals surface area contributed by atoms with E-state index in [-0.39, 0.29) is 0 Å². The zero-order chi connectivity index (χ0) is 10.8. The Morgan fingerprint density at radius 3 is 2.14 bits per heavy atom. The number of rotatable bonds is 9. The third kappa shape index (κ3) is 10.0. The Morgan fingerprint density at radius 1 is 0.929 bits per heavy atom. The van der Waals surface area contributed by atoms with E-state index >= 15 is 0 Å². The predicted molar refractivity (Wildman–Crippen MR) is 65.7 cm³/mol.